The van der Waals surface area contributed by atoms with E-state index in [1.54, 1.807) is 7.11 Å². The molecule has 3 heterocycles. The molecule has 0 bridgehead atoms. The molecule has 5 heteroatoms. The van der Waals surface area contributed by atoms with Crippen LogP contribution in [0.5, 0.6) is 0 Å². The van der Waals surface area contributed by atoms with E-state index in [1.165, 1.54) is 16.7 Å². The predicted octanol–water partition coefficient (Wildman–Crippen LogP) is -1.18. The molecule has 0 N–H and O–H groups in total. The van der Waals surface area contributed by atoms with Gasteiger partial charge in [0.05, 0.1) is 18.1 Å². The van der Waals surface area contributed by atoms with Crippen molar-refractivity contribution in [2.24, 2.45) is 0 Å². The fraction of sp³-hybridized carbons (Fsp3) is 0.688. The monoisotopic (exact) mass is 354 g/mol. The van der Waals surface area contributed by atoms with Gasteiger partial charge in [0.2, 0.25) is 0 Å². The summed E-state index contributed by atoms with van der Waals surface area (Å²) in [5.41, 5.74) is 4.20. The van der Waals surface area contributed by atoms with Gasteiger partial charge in [0.15, 0.2) is 0 Å². The molecule has 1 aliphatic carbocycles. The molecule has 1 saturated heterocycles. The molecule has 0 aromatic heterocycles. The number of nitrogens with zero attached hydrogens (tertiary/aromatic N) is 1. The zero-order chi connectivity index (χ0) is 13.7. The van der Waals surface area contributed by atoms with Gasteiger partial charge in [-0.25, -0.2) is 0 Å². The van der Waals surface area contributed by atoms with Crippen molar-refractivity contribution in [2.45, 2.75) is 43.7 Å². The van der Waals surface area contributed by atoms with Gasteiger partial charge in [-0.1, -0.05) is 6.08 Å². The van der Waals surface area contributed by atoms with Crippen LogP contribution >= 0.6 is 0 Å². The van der Waals surface area contributed by atoms with E-state index >= 15 is 0 Å². The molecule has 4 aliphatic rings. The molecule has 116 valence electrons. The molecule has 1 spiro atoms. The average molecular weight is 355 g/mol. The van der Waals surface area contributed by atoms with Crippen molar-refractivity contribution in [1.82, 2.24) is 4.90 Å². The van der Waals surface area contributed by atoms with E-state index < -0.39 is 0 Å². The summed E-state index contributed by atoms with van der Waals surface area (Å²) in [6, 6.07) is 0. The van der Waals surface area contributed by atoms with Gasteiger partial charge in [-0.05, 0) is 42.4 Å². The highest BCUT2D eigenvalue weighted by Crippen LogP contribution is 2.52. The van der Waals surface area contributed by atoms with Crippen LogP contribution in [0.3, 0.4) is 0 Å². The first kappa shape index (κ1) is 15.3. The van der Waals surface area contributed by atoms with Crippen LogP contribution in [0.15, 0.2) is 22.8 Å². The molecule has 0 amide bonds. The molecule has 4 nitrogen and oxygen atoms in total. The van der Waals surface area contributed by atoms with Crippen LogP contribution in [-0.4, -0.2) is 49.3 Å². The van der Waals surface area contributed by atoms with Crippen LogP contribution in [-0.2, 0) is 14.3 Å². The molecular weight excluding hydrogens is 334 g/mol. The van der Waals surface area contributed by atoms with Gasteiger partial charge >= 0.3 is 5.97 Å². The highest BCUT2D eigenvalue weighted by molar-refractivity contribution is 5.76. The van der Waals surface area contributed by atoms with E-state index in [-0.39, 0.29) is 34.6 Å². The summed E-state index contributed by atoms with van der Waals surface area (Å²) in [4.78, 5) is 14.4. The third-order valence-corrected chi connectivity index (χ3v) is 5.54. The Balaban J connectivity index is 0.00000132. The summed E-state index contributed by atoms with van der Waals surface area (Å²) >= 11 is 0. The molecular formula is C16H21BrNO3-. The Kier molecular flexibility index (Phi) is 4.01. The first-order valence-electron chi connectivity index (χ1n) is 7.58. The molecule has 1 fully saturated rings. The van der Waals surface area contributed by atoms with E-state index in [0.29, 0.717) is 13.0 Å². The molecule has 0 aromatic rings. The van der Waals surface area contributed by atoms with Gasteiger partial charge in [-0.2, -0.15) is 0 Å². The SMILES string of the molecule is COC1CC=C2CCN3CCC4=C(CC(=O)OC4)[C@]23C1.[Br-]. The zero-order valence-electron chi connectivity index (χ0n) is 12.4. The normalized spacial score (nSPS) is 35.2. The number of methoxy groups -OCH3 is 1. The lowest BCUT2D eigenvalue weighted by Crippen LogP contribution is -3.00. The topological polar surface area (TPSA) is 38.8 Å². The van der Waals surface area contributed by atoms with Gasteiger partial charge in [0.25, 0.3) is 0 Å². The number of hydrogen-bond acceptors (Lipinski definition) is 4. The Morgan fingerprint density at radius 2 is 2.19 bits per heavy atom. The molecule has 0 radical (unpaired) electrons. The molecule has 2 atom stereocenters. The smallest absolute Gasteiger partial charge is 0.310 e. The lowest BCUT2D eigenvalue weighted by molar-refractivity contribution is -0.143. The summed E-state index contributed by atoms with van der Waals surface area (Å²) in [5, 5.41) is 0. The maximum absolute atomic E-state index is 11.8. The Hall–Kier alpha value is -0.650. The fourth-order valence-corrected chi connectivity index (χ4v) is 4.57. The summed E-state index contributed by atoms with van der Waals surface area (Å²) in [7, 11) is 1.80. The number of carbonyl (C=O) groups excluding carboxylic acids is 1. The van der Waals surface area contributed by atoms with E-state index in [1.807, 2.05) is 0 Å². The second-order valence-corrected chi connectivity index (χ2v) is 6.29. The lowest BCUT2D eigenvalue weighted by atomic mass is 9.69. The van der Waals surface area contributed by atoms with Crippen LogP contribution < -0.4 is 17.0 Å². The van der Waals surface area contributed by atoms with Gasteiger partial charge in [-0.3, -0.25) is 9.69 Å². The van der Waals surface area contributed by atoms with Gasteiger partial charge in [-0.15, -0.1) is 0 Å². The van der Waals surface area contributed by atoms with Crippen LogP contribution in [0.1, 0.15) is 32.1 Å². The molecule has 21 heavy (non-hydrogen) atoms. The average Bonchev–Trinajstić information content (AvgIpc) is 2.86. The first-order chi connectivity index (χ1) is 9.74. The quantitative estimate of drug-likeness (QED) is 0.439. The van der Waals surface area contributed by atoms with Crippen molar-refractivity contribution < 1.29 is 31.2 Å². The number of halogens is 1. The molecule has 1 unspecified atom stereocenters. The minimum atomic E-state index is -0.0641. The third-order valence-electron chi connectivity index (χ3n) is 5.54. The van der Waals surface area contributed by atoms with E-state index in [0.717, 1.165) is 38.8 Å². The lowest BCUT2D eigenvalue weighted by Gasteiger charge is -2.50. The van der Waals surface area contributed by atoms with Crippen LogP contribution in [0.2, 0.25) is 0 Å². The number of ether oxygens (including phenoxy) is 2. The van der Waals surface area contributed by atoms with Crippen molar-refractivity contribution in [2.75, 3.05) is 26.8 Å². The minimum absolute atomic E-state index is 0. The van der Waals surface area contributed by atoms with Crippen molar-refractivity contribution in [3.63, 3.8) is 0 Å². The van der Waals surface area contributed by atoms with Crippen molar-refractivity contribution in [3.8, 4) is 0 Å². The highest BCUT2D eigenvalue weighted by Gasteiger charge is 2.53. The fourth-order valence-electron chi connectivity index (χ4n) is 4.57. The van der Waals surface area contributed by atoms with Gasteiger partial charge in [0.1, 0.15) is 6.61 Å². The van der Waals surface area contributed by atoms with Crippen LogP contribution in [0, 0.1) is 0 Å². The largest absolute Gasteiger partial charge is 1.00 e. The van der Waals surface area contributed by atoms with Gasteiger partial charge < -0.3 is 26.5 Å². The first-order valence-corrected chi connectivity index (χ1v) is 7.58. The Morgan fingerprint density at radius 1 is 1.38 bits per heavy atom. The molecule has 4 rings (SSSR count). The number of cyclic esters (lactones) is 1. The maximum atomic E-state index is 11.8. The van der Waals surface area contributed by atoms with Crippen molar-refractivity contribution >= 4 is 5.97 Å². The van der Waals surface area contributed by atoms with E-state index in [9.17, 15) is 4.79 Å². The molecule has 0 aromatic carbocycles. The molecule has 3 aliphatic heterocycles. The van der Waals surface area contributed by atoms with Gasteiger partial charge in [0, 0.05) is 20.2 Å². The van der Waals surface area contributed by atoms with Crippen molar-refractivity contribution in [3.05, 3.63) is 22.8 Å². The Morgan fingerprint density at radius 3 is 3.00 bits per heavy atom. The summed E-state index contributed by atoms with van der Waals surface area (Å²) in [6.07, 6.45) is 7.31. The number of carbonyl (C=O) groups is 1. The van der Waals surface area contributed by atoms with Crippen molar-refractivity contribution in [1.29, 1.82) is 0 Å². The standard InChI is InChI=1S/C16H21NO3.BrH/c1-19-13-3-2-12-5-7-17-6-4-11-10-20-15(18)8-14(11)16(12,17)9-13;/h2,13H,3-10H2,1H3;1H/p-1/t13?,16-;/m0./s1. The zero-order valence-corrected chi connectivity index (χ0v) is 13.9. The Labute approximate surface area is 135 Å². The number of esters is 1. The van der Waals surface area contributed by atoms with E-state index in [4.69, 9.17) is 9.47 Å². The second kappa shape index (κ2) is 5.52. The summed E-state index contributed by atoms with van der Waals surface area (Å²) in [6.45, 7) is 2.72. The highest BCUT2D eigenvalue weighted by atomic mass is 79.9. The summed E-state index contributed by atoms with van der Waals surface area (Å²) < 4.78 is 10.9. The van der Waals surface area contributed by atoms with Crippen LogP contribution in [0.4, 0.5) is 0 Å². The number of hydrogen-bond donors (Lipinski definition) is 0. The van der Waals surface area contributed by atoms with Crippen LogP contribution in [0.25, 0.3) is 0 Å². The maximum Gasteiger partial charge on any atom is 0.310 e. The Bertz CT molecular complexity index is 528. The third kappa shape index (κ3) is 2.13. The summed E-state index contributed by atoms with van der Waals surface area (Å²) in [5.74, 6) is -0.0641. The minimum Gasteiger partial charge on any atom is -1.00 e. The second-order valence-electron chi connectivity index (χ2n) is 6.29. The predicted molar refractivity (Wildman–Crippen MR) is 74.3 cm³/mol. The van der Waals surface area contributed by atoms with E-state index in [2.05, 4.69) is 11.0 Å². The molecule has 0 saturated carbocycles. The number of rotatable bonds is 1.